The van der Waals surface area contributed by atoms with Gasteiger partial charge in [0.15, 0.2) is 0 Å². The molecule has 3 heterocycles. The van der Waals surface area contributed by atoms with Crippen molar-refractivity contribution in [3.63, 3.8) is 0 Å². The summed E-state index contributed by atoms with van der Waals surface area (Å²) in [4.78, 5) is 32.2. The molecule has 0 aliphatic carbocycles. The molecule has 2 amide bonds. The second kappa shape index (κ2) is 10.2. The van der Waals surface area contributed by atoms with E-state index in [1.54, 1.807) is 0 Å². The molecule has 0 radical (unpaired) electrons. The molecular formula is C26H32ClN5O2. The molecule has 2 aromatic carbocycles. The van der Waals surface area contributed by atoms with E-state index in [9.17, 15) is 9.59 Å². The maximum Gasteiger partial charge on any atom is 0.251 e. The van der Waals surface area contributed by atoms with Crippen LogP contribution in [0.3, 0.4) is 0 Å². The van der Waals surface area contributed by atoms with Crippen molar-refractivity contribution in [1.82, 2.24) is 10.2 Å². The van der Waals surface area contributed by atoms with Crippen molar-refractivity contribution in [1.29, 1.82) is 0 Å². The summed E-state index contributed by atoms with van der Waals surface area (Å²) in [5, 5.41) is 6.81. The van der Waals surface area contributed by atoms with Gasteiger partial charge in [-0.05, 0) is 68.6 Å². The summed E-state index contributed by atoms with van der Waals surface area (Å²) in [6.07, 6.45) is 3.98. The van der Waals surface area contributed by atoms with Crippen molar-refractivity contribution in [2.45, 2.75) is 31.7 Å². The standard InChI is InChI=1S/C26H32ClN5O2/c27-20-5-3-6-21(18-20)31-15-13-30(14-16-31)11-4-10-28-25(33)19-8-9-23-22(17-19)29-26(34)24-7-1-2-12-32(23)24/h3,5-6,8-9,17-18,24H,1-2,4,7,10-16H2,(H,28,33)(H,29,34)/t24-/m1/s1. The first-order valence-electron chi connectivity index (χ1n) is 12.3. The highest BCUT2D eigenvalue weighted by molar-refractivity contribution is 6.30. The second-order valence-corrected chi connectivity index (χ2v) is 9.78. The van der Waals surface area contributed by atoms with E-state index >= 15 is 0 Å². The predicted molar refractivity (Wildman–Crippen MR) is 137 cm³/mol. The van der Waals surface area contributed by atoms with Crippen LogP contribution in [0, 0.1) is 0 Å². The largest absolute Gasteiger partial charge is 0.369 e. The maximum absolute atomic E-state index is 12.7. The molecule has 2 saturated heterocycles. The van der Waals surface area contributed by atoms with Crippen LogP contribution in [0.5, 0.6) is 0 Å². The third-order valence-corrected chi connectivity index (χ3v) is 7.35. The quantitative estimate of drug-likeness (QED) is 0.617. The lowest BCUT2D eigenvalue weighted by Gasteiger charge is -2.41. The number of rotatable bonds is 6. The minimum absolute atomic E-state index is 0.0419. The number of piperidine rings is 1. The molecule has 0 bridgehead atoms. The molecule has 34 heavy (non-hydrogen) atoms. The van der Waals surface area contributed by atoms with E-state index in [4.69, 9.17) is 11.6 Å². The van der Waals surface area contributed by atoms with E-state index in [0.29, 0.717) is 12.1 Å². The van der Waals surface area contributed by atoms with Gasteiger partial charge in [-0.1, -0.05) is 17.7 Å². The van der Waals surface area contributed by atoms with E-state index in [1.165, 1.54) is 5.69 Å². The minimum atomic E-state index is -0.0939. The van der Waals surface area contributed by atoms with E-state index in [-0.39, 0.29) is 17.9 Å². The zero-order valence-corrected chi connectivity index (χ0v) is 20.2. The number of nitrogens with zero attached hydrogens (tertiary/aromatic N) is 3. The normalized spacial score (nSPS) is 20.4. The molecule has 0 aromatic heterocycles. The summed E-state index contributed by atoms with van der Waals surface area (Å²) in [6, 6.07) is 13.6. The molecule has 180 valence electrons. The van der Waals surface area contributed by atoms with Crippen molar-refractivity contribution in [2.75, 3.05) is 60.9 Å². The van der Waals surface area contributed by atoms with Crippen LogP contribution < -0.4 is 20.4 Å². The fourth-order valence-corrected chi connectivity index (χ4v) is 5.43. The van der Waals surface area contributed by atoms with Crippen LogP contribution in [0.15, 0.2) is 42.5 Å². The van der Waals surface area contributed by atoms with Gasteiger partial charge in [0.2, 0.25) is 5.91 Å². The first-order chi connectivity index (χ1) is 16.6. The number of amides is 2. The molecular weight excluding hydrogens is 450 g/mol. The molecule has 7 nitrogen and oxygen atoms in total. The van der Waals surface area contributed by atoms with Gasteiger partial charge in [0.25, 0.3) is 5.91 Å². The second-order valence-electron chi connectivity index (χ2n) is 9.34. The van der Waals surface area contributed by atoms with Crippen molar-refractivity contribution < 1.29 is 9.59 Å². The van der Waals surface area contributed by atoms with Crippen LogP contribution in [0.1, 0.15) is 36.0 Å². The van der Waals surface area contributed by atoms with Gasteiger partial charge in [0, 0.05) is 55.5 Å². The van der Waals surface area contributed by atoms with Gasteiger partial charge in [-0.25, -0.2) is 0 Å². The van der Waals surface area contributed by atoms with Gasteiger partial charge in [0.1, 0.15) is 6.04 Å². The smallest absolute Gasteiger partial charge is 0.251 e. The molecule has 2 N–H and O–H groups in total. The lowest BCUT2D eigenvalue weighted by molar-refractivity contribution is -0.118. The third-order valence-electron chi connectivity index (χ3n) is 7.11. The van der Waals surface area contributed by atoms with E-state index in [0.717, 1.165) is 81.3 Å². The molecule has 8 heteroatoms. The Balaban J connectivity index is 1.07. The number of benzene rings is 2. The monoisotopic (exact) mass is 481 g/mol. The van der Waals surface area contributed by atoms with Crippen molar-refractivity contribution in [3.05, 3.63) is 53.1 Å². The molecule has 5 rings (SSSR count). The van der Waals surface area contributed by atoms with Crippen LogP contribution >= 0.6 is 11.6 Å². The van der Waals surface area contributed by atoms with Crippen LogP contribution in [-0.2, 0) is 4.79 Å². The van der Waals surface area contributed by atoms with Crippen LogP contribution in [0.4, 0.5) is 17.1 Å². The third kappa shape index (κ3) is 5.00. The summed E-state index contributed by atoms with van der Waals surface area (Å²) in [6.45, 7) is 6.44. The van der Waals surface area contributed by atoms with Crippen molar-refractivity contribution >= 4 is 40.5 Å². The number of carbonyl (C=O) groups excluding carboxylic acids is 2. The molecule has 0 saturated carbocycles. The van der Waals surface area contributed by atoms with Crippen LogP contribution in [0.25, 0.3) is 0 Å². The molecule has 2 aromatic rings. The predicted octanol–water partition coefficient (Wildman–Crippen LogP) is 3.59. The maximum atomic E-state index is 12.7. The fraction of sp³-hybridized carbons (Fsp3) is 0.462. The zero-order valence-electron chi connectivity index (χ0n) is 19.4. The van der Waals surface area contributed by atoms with Gasteiger partial charge in [-0.2, -0.15) is 0 Å². The average Bonchev–Trinajstić information content (AvgIpc) is 2.87. The highest BCUT2D eigenvalue weighted by atomic mass is 35.5. The summed E-state index contributed by atoms with van der Waals surface area (Å²) in [7, 11) is 0. The number of nitrogens with one attached hydrogen (secondary N) is 2. The Hall–Kier alpha value is -2.77. The van der Waals surface area contributed by atoms with Gasteiger partial charge >= 0.3 is 0 Å². The molecule has 3 aliphatic rings. The van der Waals surface area contributed by atoms with Crippen molar-refractivity contribution in [3.8, 4) is 0 Å². The first kappa shape index (κ1) is 23.0. The molecule has 2 fully saturated rings. The Morgan fingerprint density at radius 1 is 1.06 bits per heavy atom. The molecule has 1 atom stereocenters. The summed E-state index contributed by atoms with van der Waals surface area (Å²) in [5.41, 5.74) is 3.53. The molecule has 0 spiro atoms. The lowest BCUT2D eigenvalue weighted by Crippen LogP contribution is -2.50. The summed E-state index contributed by atoms with van der Waals surface area (Å²) >= 11 is 6.12. The number of carbonyl (C=O) groups is 2. The van der Waals surface area contributed by atoms with E-state index in [2.05, 4.69) is 31.4 Å². The lowest BCUT2D eigenvalue weighted by atomic mass is 9.97. The fourth-order valence-electron chi connectivity index (χ4n) is 5.25. The number of hydrogen-bond acceptors (Lipinski definition) is 5. The van der Waals surface area contributed by atoms with E-state index in [1.807, 2.05) is 36.4 Å². The van der Waals surface area contributed by atoms with Crippen LogP contribution in [-0.4, -0.2) is 68.6 Å². The number of halogens is 1. The highest BCUT2D eigenvalue weighted by Gasteiger charge is 2.34. The minimum Gasteiger partial charge on any atom is -0.369 e. The zero-order chi connectivity index (χ0) is 23.5. The Kier molecular flexibility index (Phi) is 6.92. The number of fused-ring (bicyclic) bond motifs is 3. The SMILES string of the molecule is O=C(NCCCN1CCN(c2cccc(Cl)c2)CC1)c1ccc2c(c1)NC(=O)[C@H]1CCCCN21. The summed E-state index contributed by atoms with van der Waals surface area (Å²) in [5.74, 6) is -0.0520. The van der Waals surface area contributed by atoms with Gasteiger partial charge in [0.05, 0.1) is 11.4 Å². The van der Waals surface area contributed by atoms with Crippen LogP contribution in [0.2, 0.25) is 5.02 Å². The average molecular weight is 482 g/mol. The Bertz CT molecular complexity index is 1050. The van der Waals surface area contributed by atoms with E-state index < -0.39 is 0 Å². The Labute approximate surface area is 206 Å². The number of piperazine rings is 1. The first-order valence-corrected chi connectivity index (χ1v) is 12.7. The van der Waals surface area contributed by atoms with Crippen molar-refractivity contribution in [2.24, 2.45) is 0 Å². The van der Waals surface area contributed by atoms with Gasteiger partial charge in [-0.15, -0.1) is 0 Å². The molecule has 0 unspecified atom stereocenters. The van der Waals surface area contributed by atoms with Gasteiger partial charge < -0.3 is 20.4 Å². The highest BCUT2D eigenvalue weighted by Crippen LogP contribution is 2.36. The Morgan fingerprint density at radius 3 is 2.74 bits per heavy atom. The topological polar surface area (TPSA) is 67.9 Å². The number of hydrogen-bond donors (Lipinski definition) is 2. The van der Waals surface area contributed by atoms with Gasteiger partial charge in [-0.3, -0.25) is 14.5 Å². The Morgan fingerprint density at radius 2 is 1.91 bits per heavy atom. The number of anilines is 3. The summed E-state index contributed by atoms with van der Waals surface area (Å²) < 4.78 is 0. The molecule has 3 aliphatic heterocycles.